The molecule has 0 aliphatic rings. The Labute approximate surface area is 359 Å². The number of hydrogen-bond acceptors (Lipinski definition) is 2. The molecule has 6 rings (SSSR count). The van der Waals surface area contributed by atoms with Crippen molar-refractivity contribution >= 4 is 46.1 Å². The molecule has 6 aromatic carbocycles. The first kappa shape index (κ1) is 60.5. The zero-order chi connectivity index (χ0) is 45.1. The van der Waals surface area contributed by atoms with Crippen LogP contribution in [-0.4, -0.2) is 0 Å². The molecule has 0 radical (unpaired) electrons. The van der Waals surface area contributed by atoms with Crippen molar-refractivity contribution in [3.8, 4) is 0 Å². The van der Waals surface area contributed by atoms with Crippen LogP contribution in [0.5, 0.6) is 0 Å². The zero-order valence-corrected chi connectivity index (χ0v) is 41.2. The molecular formula is C54H82O2P2. The van der Waals surface area contributed by atoms with Gasteiger partial charge in [-0.1, -0.05) is 306 Å². The quantitative estimate of drug-likeness (QED) is 0.157. The summed E-state index contributed by atoms with van der Waals surface area (Å²) >= 11 is 0. The Balaban J connectivity index is -0.000000361. The molecule has 0 spiro atoms. The summed E-state index contributed by atoms with van der Waals surface area (Å²) in [5, 5.41) is 5.24. The molecule has 0 saturated carbocycles. The molecular weight excluding hydrogens is 743 g/mol. The molecule has 58 heavy (non-hydrogen) atoms. The normalized spacial score (nSPS) is 8.97. The van der Waals surface area contributed by atoms with Gasteiger partial charge in [0.2, 0.25) is 0 Å². The van der Waals surface area contributed by atoms with E-state index in [1.807, 2.05) is 265 Å². The second kappa shape index (κ2) is 42.4. The number of hydrogen-bond donors (Lipinski definition) is 0. The van der Waals surface area contributed by atoms with Crippen LogP contribution < -0.4 is 31.8 Å². The van der Waals surface area contributed by atoms with Crippen LogP contribution in [0.15, 0.2) is 182 Å². The van der Waals surface area contributed by atoms with Crippen LogP contribution in [0.3, 0.4) is 0 Å². The van der Waals surface area contributed by atoms with Crippen molar-refractivity contribution in [3.05, 3.63) is 182 Å². The van der Waals surface area contributed by atoms with Crippen molar-refractivity contribution in [1.82, 2.24) is 0 Å². The van der Waals surface area contributed by atoms with Gasteiger partial charge in [-0.25, -0.2) is 0 Å². The number of rotatable bonds is 6. The molecule has 4 heteroatoms. The molecule has 0 aliphatic carbocycles. The predicted molar refractivity (Wildman–Crippen MR) is 272 cm³/mol. The highest BCUT2D eigenvalue weighted by molar-refractivity contribution is 7.85. The van der Waals surface area contributed by atoms with Crippen LogP contribution in [0.1, 0.15) is 124 Å². The van der Waals surface area contributed by atoms with Crippen molar-refractivity contribution in [1.29, 1.82) is 0 Å². The molecule has 2 nitrogen and oxygen atoms in total. The van der Waals surface area contributed by atoms with Gasteiger partial charge in [-0.2, -0.15) is 0 Å². The molecule has 6 aromatic rings. The Morgan fingerprint density at radius 3 is 0.414 bits per heavy atom. The van der Waals surface area contributed by atoms with Crippen LogP contribution in [0.2, 0.25) is 0 Å². The smallest absolute Gasteiger partial charge is 0.171 e. The number of benzene rings is 6. The summed E-state index contributed by atoms with van der Waals surface area (Å²) in [5.74, 6) is 0. The minimum atomic E-state index is -2.78. The van der Waals surface area contributed by atoms with Gasteiger partial charge in [0, 0.05) is 31.8 Å². The van der Waals surface area contributed by atoms with Gasteiger partial charge in [0.1, 0.15) is 0 Å². The third-order valence-corrected chi connectivity index (χ3v) is 12.9. The third kappa shape index (κ3) is 21.0. The first-order chi connectivity index (χ1) is 28.5. The van der Waals surface area contributed by atoms with Crippen molar-refractivity contribution in [2.45, 2.75) is 124 Å². The highest BCUT2D eigenvalue weighted by Gasteiger charge is 2.30. The van der Waals surface area contributed by atoms with Crippen molar-refractivity contribution in [2.24, 2.45) is 0 Å². The van der Waals surface area contributed by atoms with Gasteiger partial charge < -0.3 is 9.13 Å². The van der Waals surface area contributed by atoms with Gasteiger partial charge in [0.05, 0.1) is 0 Å². The van der Waals surface area contributed by atoms with E-state index in [4.69, 9.17) is 0 Å². The van der Waals surface area contributed by atoms with E-state index >= 15 is 0 Å². The highest BCUT2D eigenvalue weighted by atomic mass is 31.2. The van der Waals surface area contributed by atoms with Gasteiger partial charge in [-0.3, -0.25) is 0 Å². The van der Waals surface area contributed by atoms with E-state index in [2.05, 4.69) is 27.7 Å². The summed E-state index contributed by atoms with van der Waals surface area (Å²) < 4.78 is 27.6. The van der Waals surface area contributed by atoms with Crippen molar-refractivity contribution < 1.29 is 9.13 Å². The van der Waals surface area contributed by atoms with E-state index in [1.54, 1.807) is 0 Å². The molecule has 0 N–H and O–H groups in total. The van der Waals surface area contributed by atoms with Crippen LogP contribution >= 0.6 is 14.3 Å². The fourth-order valence-corrected chi connectivity index (χ4v) is 10.1. The topological polar surface area (TPSA) is 34.1 Å². The third-order valence-electron chi connectivity index (χ3n) is 6.72. The molecule has 320 valence electrons. The largest absolute Gasteiger partial charge is 0.309 e. The van der Waals surface area contributed by atoms with Crippen LogP contribution in [0.4, 0.5) is 0 Å². The Bertz CT molecular complexity index is 1400. The van der Waals surface area contributed by atoms with Gasteiger partial charge in [0.25, 0.3) is 0 Å². The van der Waals surface area contributed by atoms with Gasteiger partial charge in [-0.05, 0) is 0 Å². The molecule has 0 fully saturated rings. The molecule has 0 bridgehead atoms. The first-order valence-electron chi connectivity index (χ1n) is 22.0. The van der Waals surface area contributed by atoms with Crippen LogP contribution in [0, 0.1) is 0 Å². The summed E-state index contributed by atoms with van der Waals surface area (Å²) in [5.41, 5.74) is 0. The summed E-state index contributed by atoms with van der Waals surface area (Å²) in [4.78, 5) is 0. The van der Waals surface area contributed by atoms with E-state index in [1.165, 1.54) is 12.8 Å². The molecule has 0 heterocycles. The summed E-state index contributed by atoms with van der Waals surface area (Å²) in [6.45, 7) is 32.5. The predicted octanol–water partition coefficient (Wildman–Crippen LogP) is 15.6. The Morgan fingerprint density at radius 2 is 0.328 bits per heavy atom. The van der Waals surface area contributed by atoms with E-state index in [-0.39, 0.29) is 0 Å². The second-order valence-corrected chi connectivity index (χ2v) is 16.2. The minimum absolute atomic E-state index is 0.873. The fourth-order valence-electron chi connectivity index (χ4n) is 4.72. The maximum atomic E-state index is 13.8. The van der Waals surface area contributed by atoms with Gasteiger partial charge >= 0.3 is 0 Å². The first-order valence-corrected chi connectivity index (χ1v) is 25.4. The SMILES string of the molecule is CC.CC.CC.CC.CC.CC.CCC.CCC.O=P(c1ccccc1)(c1ccccc1)c1ccccc1.O=P(c1ccccc1)(c1ccccc1)c1ccccc1. The lowest BCUT2D eigenvalue weighted by molar-refractivity contribution is 0.591. The van der Waals surface area contributed by atoms with E-state index in [0.29, 0.717) is 0 Å². The molecule has 0 aliphatic heterocycles. The summed E-state index contributed by atoms with van der Waals surface area (Å²) in [7, 11) is -5.55. The Morgan fingerprint density at radius 1 is 0.241 bits per heavy atom. The second-order valence-electron chi connectivity index (χ2n) is 10.6. The molecule has 0 aromatic heterocycles. The Hall–Kier alpha value is -4.22. The summed E-state index contributed by atoms with van der Waals surface area (Å²) in [6.07, 6.45) is 2.50. The molecule has 0 saturated heterocycles. The lowest BCUT2D eigenvalue weighted by Crippen LogP contribution is -2.24. The maximum Gasteiger partial charge on any atom is 0.171 e. The molecule has 0 atom stereocenters. The maximum absolute atomic E-state index is 13.8. The van der Waals surface area contributed by atoms with Gasteiger partial charge in [-0.15, -0.1) is 0 Å². The van der Waals surface area contributed by atoms with Gasteiger partial charge in [0.15, 0.2) is 14.3 Å². The average Bonchev–Trinajstić information content (AvgIpc) is 3.35. The zero-order valence-electron chi connectivity index (χ0n) is 39.4. The van der Waals surface area contributed by atoms with E-state index in [9.17, 15) is 9.13 Å². The monoisotopic (exact) mass is 825 g/mol. The van der Waals surface area contributed by atoms with E-state index < -0.39 is 14.3 Å². The lowest BCUT2D eigenvalue weighted by atomic mass is 10.4. The van der Waals surface area contributed by atoms with Crippen LogP contribution in [-0.2, 0) is 9.13 Å². The minimum Gasteiger partial charge on any atom is -0.309 e. The molecule has 0 amide bonds. The molecule has 0 unspecified atom stereocenters. The van der Waals surface area contributed by atoms with Crippen molar-refractivity contribution in [2.75, 3.05) is 0 Å². The van der Waals surface area contributed by atoms with Crippen LogP contribution in [0.25, 0.3) is 0 Å². The van der Waals surface area contributed by atoms with Crippen molar-refractivity contribution in [3.63, 3.8) is 0 Å². The fraction of sp³-hybridized carbons (Fsp3) is 0.333. The standard InChI is InChI=1S/2C18H15OP.2C3H8.6C2H6/c2*19-20(16-10-4-1-5-11-16,17-12-6-2-7-13-17)18-14-8-3-9-15-18;2*1-3-2;6*1-2/h2*1-15H;2*3H2,1-2H3;6*1-2H3. The average molecular weight is 825 g/mol. The summed E-state index contributed by atoms with van der Waals surface area (Å²) in [6, 6.07) is 58.3. The van der Waals surface area contributed by atoms with E-state index in [0.717, 1.165) is 31.8 Å². The Kier molecular flexibility index (Phi) is 44.2. The highest BCUT2D eigenvalue weighted by Crippen LogP contribution is 2.42. The lowest BCUT2D eigenvalue weighted by Gasteiger charge is -2.19.